The van der Waals surface area contributed by atoms with E-state index in [0.717, 1.165) is 5.56 Å². The van der Waals surface area contributed by atoms with Crippen molar-refractivity contribution >= 4 is 12.0 Å². The van der Waals surface area contributed by atoms with Crippen molar-refractivity contribution in [1.29, 1.82) is 0 Å². The molecule has 0 spiro atoms. The molecule has 0 aliphatic heterocycles. The van der Waals surface area contributed by atoms with Gasteiger partial charge in [0.15, 0.2) is 0 Å². The Labute approximate surface area is 91.9 Å². The summed E-state index contributed by atoms with van der Waals surface area (Å²) in [7, 11) is 0. The van der Waals surface area contributed by atoms with Crippen LogP contribution in [0.15, 0.2) is 30.3 Å². The lowest BCUT2D eigenvalue weighted by Crippen LogP contribution is -2.46. The normalized spacial score (nSPS) is 11.6. The van der Waals surface area contributed by atoms with Crippen LogP contribution in [0.2, 0.25) is 0 Å². The molecule has 0 aliphatic carbocycles. The van der Waals surface area contributed by atoms with Crippen LogP contribution >= 0.6 is 0 Å². The van der Waals surface area contributed by atoms with E-state index >= 15 is 0 Å². The van der Waals surface area contributed by atoms with E-state index in [1.54, 1.807) is 24.3 Å². The minimum atomic E-state index is -1.16. The zero-order valence-corrected chi connectivity index (χ0v) is 8.38. The van der Waals surface area contributed by atoms with Crippen LogP contribution in [0, 0.1) is 0 Å². The quantitative estimate of drug-likeness (QED) is 0.438. The first-order chi connectivity index (χ1) is 7.63. The minimum absolute atomic E-state index is 0.156. The van der Waals surface area contributed by atoms with Gasteiger partial charge in [0.25, 0.3) is 0 Å². The first-order valence-electron chi connectivity index (χ1n) is 4.61. The molecule has 16 heavy (non-hydrogen) atoms. The van der Waals surface area contributed by atoms with Crippen LogP contribution < -0.4 is 10.8 Å². The number of nitrogens with one attached hydrogen (secondary N) is 2. The van der Waals surface area contributed by atoms with E-state index < -0.39 is 18.0 Å². The monoisotopic (exact) mass is 224 g/mol. The smallest absolute Gasteiger partial charge is 0.339 e. The van der Waals surface area contributed by atoms with Crippen molar-refractivity contribution in [3.63, 3.8) is 0 Å². The minimum Gasteiger partial charge on any atom is -0.480 e. The second-order valence-electron chi connectivity index (χ2n) is 3.17. The number of hydrogen-bond acceptors (Lipinski definition) is 3. The molecule has 1 aromatic carbocycles. The number of carboxylic acid groups (broad SMARTS) is 1. The van der Waals surface area contributed by atoms with E-state index in [1.165, 1.54) is 5.48 Å². The van der Waals surface area contributed by atoms with Gasteiger partial charge in [-0.15, -0.1) is 0 Å². The maximum atomic E-state index is 10.8. The maximum absolute atomic E-state index is 10.8. The fraction of sp³-hybridized carbons (Fsp3) is 0.200. The summed E-state index contributed by atoms with van der Waals surface area (Å²) in [5.74, 6) is -1.16. The molecule has 1 unspecified atom stereocenters. The second-order valence-corrected chi connectivity index (χ2v) is 3.17. The molecule has 6 heteroatoms. The molecule has 86 valence electrons. The van der Waals surface area contributed by atoms with Crippen LogP contribution in [0.25, 0.3) is 0 Å². The summed E-state index contributed by atoms with van der Waals surface area (Å²) in [4.78, 5) is 21.6. The first kappa shape index (κ1) is 12.0. The van der Waals surface area contributed by atoms with Crippen molar-refractivity contribution in [1.82, 2.24) is 10.8 Å². The fourth-order valence-corrected chi connectivity index (χ4v) is 1.24. The summed E-state index contributed by atoms with van der Waals surface area (Å²) in [5, 5.41) is 19.2. The Morgan fingerprint density at radius 1 is 1.25 bits per heavy atom. The zero-order valence-electron chi connectivity index (χ0n) is 8.38. The van der Waals surface area contributed by atoms with Crippen molar-refractivity contribution in [3.8, 4) is 0 Å². The summed E-state index contributed by atoms with van der Waals surface area (Å²) in [5.41, 5.74) is 2.11. The summed E-state index contributed by atoms with van der Waals surface area (Å²) in [6.07, 6.45) is 0.156. The number of aliphatic carboxylic acids is 1. The highest BCUT2D eigenvalue weighted by atomic mass is 16.5. The lowest BCUT2D eigenvalue weighted by molar-refractivity contribution is -0.139. The number of rotatable bonds is 4. The second kappa shape index (κ2) is 5.72. The van der Waals surface area contributed by atoms with Gasteiger partial charge in [-0.1, -0.05) is 30.3 Å². The van der Waals surface area contributed by atoms with Crippen LogP contribution in [0.1, 0.15) is 5.56 Å². The molecule has 1 aromatic rings. The van der Waals surface area contributed by atoms with Gasteiger partial charge in [-0.05, 0) is 5.56 Å². The Bertz CT molecular complexity index is 366. The highest BCUT2D eigenvalue weighted by Crippen LogP contribution is 2.03. The largest absolute Gasteiger partial charge is 0.480 e. The summed E-state index contributed by atoms with van der Waals surface area (Å²) in [6.45, 7) is 0. The third-order valence-electron chi connectivity index (χ3n) is 1.99. The van der Waals surface area contributed by atoms with Crippen molar-refractivity contribution in [3.05, 3.63) is 35.9 Å². The van der Waals surface area contributed by atoms with Gasteiger partial charge in [0.1, 0.15) is 6.04 Å². The number of carbonyl (C=O) groups is 2. The van der Waals surface area contributed by atoms with Crippen molar-refractivity contribution in [2.24, 2.45) is 0 Å². The number of urea groups is 1. The van der Waals surface area contributed by atoms with Crippen LogP contribution in [0.4, 0.5) is 4.79 Å². The highest BCUT2D eigenvalue weighted by molar-refractivity contribution is 5.82. The van der Waals surface area contributed by atoms with E-state index in [0.29, 0.717) is 0 Å². The Hall–Kier alpha value is -2.08. The number of carbonyl (C=O) groups excluding carboxylic acids is 1. The van der Waals surface area contributed by atoms with Crippen LogP contribution in [0.5, 0.6) is 0 Å². The Balaban J connectivity index is 2.65. The summed E-state index contributed by atoms with van der Waals surface area (Å²) in [6, 6.07) is 6.87. The molecule has 0 aliphatic rings. The molecular formula is C10H12N2O4. The lowest BCUT2D eigenvalue weighted by Gasteiger charge is -2.13. The van der Waals surface area contributed by atoms with E-state index in [9.17, 15) is 9.59 Å². The number of hydroxylamine groups is 1. The fourth-order valence-electron chi connectivity index (χ4n) is 1.24. The zero-order chi connectivity index (χ0) is 12.0. The van der Waals surface area contributed by atoms with Gasteiger partial charge in [0, 0.05) is 6.42 Å². The molecule has 1 atom stereocenters. The summed E-state index contributed by atoms with van der Waals surface area (Å²) >= 11 is 0. The molecule has 0 saturated heterocycles. The van der Waals surface area contributed by atoms with Crippen LogP contribution in [-0.2, 0) is 11.2 Å². The van der Waals surface area contributed by atoms with Crippen LogP contribution in [0.3, 0.4) is 0 Å². The molecule has 4 N–H and O–H groups in total. The number of amides is 2. The van der Waals surface area contributed by atoms with E-state index in [2.05, 4.69) is 5.32 Å². The number of carboxylic acids is 1. The predicted octanol–water partition coefficient (Wildman–Crippen LogP) is 0.371. The molecule has 0 bridgehead atoms. The molecule has 1 rings (SSSR count). The van der Waals surface area contributed by atoms with Gasteiger partial charge < -0.3 is 10.4 Å². The average molecular weight is 224 g/mol. The first-order valence-corrected chi connectivity index (χ1v) is 4.61. The number of hydrogen-bond donors (Lipinski definition) is 4. The molecule has 0 aromatic heterocycles. The molecule has 0 fully saturated rings. The van der Waals surface area contributed by atoms with Gasteiger partial charge in [-0.25, -0.2) is 15.1 Å². The Morgan fingerprint density at radius 2 is 1.88 bits per heavy atom. The van der Waals surface area contributed by atoms with Gasteiger partial charge >= 0.3 is 12.0 Å². The van der Waals surface area contributed by atoms with Crippen molar-refractivity contribution in [2.75, 3.05) is 0 Å². The third-order valence-corrected chi connectivity index (χ3v) is 1.99. The SMILES string of the molecule is O=C(NO)NC(Cc1ccccc1)C(=O)O. The van der Waals surface area contributed by atoms with E-state index in [-0.39, 0.29) is 6.42 Å². The lowest BCUT2D eigenvalue weighted by atomic mass is 10.1. The van der Waals surface area contributed by atoms with Gasteiger partial charge in [-0.3, -0.25) is 5.21 Å². The number of benzene rings is 1. The average Bonchev–Trinajstić information content (AvgIpc) is 2.29. The molecule has 6 nitrogen and oxygen atoms in total. The maximum Gasteiger partial charge on any atom is 0.339 e. The standard InChI is InChI=1S/C10H12N2O4/c13-9(14)8(11-10(15)12-16)6-7-4-2-1-3-5-7/h1-5,8,16H,6H2,(H,13,14)(H2,11,12,15). The Morgan fingerprint density at radius 3 is 2.38 bits per heavy atom. The van der Waals surface area contributed by atoms with E-state index in [1.807, 2.05) is 6.07 Å². The third kappa shape index (κ3) is 3.58. The highest BCUT2D eigenvalue weighted by Gasteiger charge is 2.19. The van der Waals surface area contributed by atoms with Gasteiger partial charge in [-0.2, -0.15) is 0 Å². The van der Waals surface area contributed by atoms with Gasteiger partial charge in [0.2, 0.25) is 0 Å². The molecule has 0 saturated carbocycles. The van der Waals surface area contributed by atoms with Crippen molar-refractivity contribution in [2.45, 2.75) is 12.5 Å². The summed E-state index contributed by atoms with van der Waals surface area (Å²) < 4.78 is 0. The van der Waals surface area contributed by atoms with Gasteiger partial charge in [0.05, 0.1) is 0 Å². The molecule has 0 radical (unpaired) electrons. The molecule has 2 amide bonds. The van der Waals surface area contributed by atoms with Crippen LogP contribution in [-0.4, -0.2) is 28.4 Å². The molecule has 0 heterocycles. The molecular weight excluding hydrogens is 212 g/mol. The van der Waals surface area contributed by atoms with Crippen molar-refractivity contribution < 1.29 is 19.9 Å². The Kier molecular flexibility index (Phi) is 4.28. The predicted molar refractivity (Wildman–Crippen MR) is 55.0 cm³/mol. The topological polar surface area (TPSA) is 98.7 Å². The van der Waals surface area contributed by atoms with E-state index in [4.69, 9.17) is 10.3 Å².